The molecule has 1 amide bonds. The van der Waals surface area contributed by atoms with Gasteiger partial charge in [-0.3, -0.25) is 4.79 Å². The molecule has 0 spiro atoms. The average molecular weight is 474 g/mol. The van der Waals surface area contributed by atoms with Crippen LogP contribution in [0.4, 0.5) is 13.2 Å². The summed E-state index contributed by atoms with van der Waals surface area (Å²) in [5.41, 5.74) is 0.389. The first-order valence-electron chi connectivity index (χ1n) is 11.2. The van der Waals surface area contributed by atoms with Crippen molar-refractivity contribution >= 4 is 22.3 Å². The van der Waals surface area contributed by atoms with Crippen molar-refractivity contribution in [2.75, 3.05) is 0 Å². The van der Waals surface area contributed by atoms with Gasteiger partial charge in [-0.25, -0.2) is 9.50 Å². The highest BCUT2D eigenvalue weighted by Crippen LogP contribution is 2.35. The van der Waals surface area contributed by atoms with E-state index in [4.69, 9.17) is 0 Å². The fourth-order valence-corrected chi connectivity index (χ4v) is 4.25. The lowest BCUT2D eigenvalue weighted by Crippen LogP contribution is -2.28. The van der Waals surface area contributed by atoms with Gasteiger partial charge in [-0.2, -0.15) is 18.3 Å². The Morgan fingerprint density at radius 1 is 1.00 bits per heavy atom. The monoisotopic (exact) mass is 474 g/mol. The number of benzene rings is 3. The number of fused-ring (bicyclic) bond motifs is 2. The van der Waals surface area contributed by atoms with Crippen LogP contribution in [0.5, 0.6) is 0 Å². The molecule has 0 aliphatic carbocycles. The summed E-state index contributed by atoms with van der Waals surface area (Å²) in [6.45, 7) is 1.92. The molecule has 0 radical (unpaired) electrons. The first-order chi connectivity index (χ1) is 16.9. The zero-order valence-corrected chi connectivity index (χ0v) is 18.8. The fraction of sp³-hybridized carbons (Fsp3) is 0.148. The number of alkyl halides is 3. The van der Waals surface area contributed by atoms with Crippen LogP contribution >= 0.6 is 0 Å². The quantitative estimate of drug-likeness (QED) is 0.319. The molecule has 35 heavy (non-hydrogen) atoms. The second-order valence-electron chi connectivity index (χ2n) is 8.19. The first kappa shape index (κ1) is 22.6. The first-order valence-corrected chi connectivity index (χ1v) is 11.2. The standard InChI is InChI=1S/C27H21F3N4O/c1-2-22(18-10-4-3-5-11-18)33-26(35)21-16-31-34-24(27(28,29)30)15-23(32-25(21)34)20-14-8-12-17-9-6-7-13-19(17)20/h3-16,22H,2H2,1H3,(H,33,35). The fourth-order valence-electron chi connectivity index (χ4n) is 4.25. The Kier molecular flexibility index (Phi) is 5.72. The summed E-state index contributed by atoms with van der Waals surface area (Å²) in [6.07, 6.45) is -2.95. The van der Waals surface area contributed by atoms with E-state index in [-0.39, 0.29) is 22.9 Å². The highest BCUT2D eigenvalue weighted by atomic mass is 19.4. The number of hydrogen-bond acceptors (Lipinski definition) is 3. The topological polar surface area (TPSA) is 59.3 Å². The molecule has 5 rings (SSSR count). The third-order valence-corrected chi connectivity index (χ3v) is 5.99. The number of nitrogens with one attached hydrogen (secondary N) is 1. The molecule has 176 valence electrons. The third kappa shape index (κ3) is 4.23. The van der Waals surface area contributed by atoms with Crippen LogP contribution in [-0.2, 0) is 6.18 Å². The van der Waals surface area contributed by atoms with E-state index >= 15 is 0 Å². The maximum atomic E-state index is 14.0. The predicted octanol–water partition coefficient (Wildman–Crippen LogP) is 6.45. The van der Waals surface area contributed by atoms with Crippen molar-refractivity contribution in [1.82, 2.24) is 19.9 Å². The van der Waals surface area contributed by atoms with Gasteiger partial charge < -0.3 is 5.32 Å². The molecule has 0 fully saturated rings. The van der Waals surface area contributed by atoms with Crippen LogP contribution in [0.1, 0.15) is 41.0 Å². The summed E-state index contributed by atoms with van der Waals surface area (Å²) < 4.78 is 42.8. The molecule has 0 bridgehead atoms. The smallest absolute Gasteiger partial charge is 0.345 e. The molecule has 0 aliphatic rings. The van der Waals surface area contributed by atoms with Crippen molar-refractivity contribution < 1.29 is 18.0 Å². The Balaban J connectivity index is 1.65. The highest BCUT2D eigenvalue weighted by Gasteiger charge is 2.36. The van der Waals surface area contributed by atoms with E-state index in [9.17, 15) is 18.0 Å². The minimum atomic E-state index is -4.70. The van der Waals surface area contributed by atoms with E-state index in [0.717, 1.165) is 28.6 Å². The van der Waals surface area contributed by atoms with Gasteiger partial charge in [0, 0.05) is 5.56 Å². The molecule has 3 aromatic carbocycles. The molecule has 2 heterocycles. The van der Waals surface area contributed by atoms with E-state index in [1.165, 1.54) is 0 Å². The summed E-state index contributed by atoms with van der Waals surface area (Å²) in [4.78, 5) is 17.7. The lowest BCUT2D eigenvalue weighted by molar-refractivity contribution is -0.142. The van der Waals surface area contributed by atoms with Crippen molar-refractivity contribution in [2.24, 2.45) is 0 Å². The van der Waals surface area contributed by atoms with Gasteiger partial charge in [-0.1, -0.05) is 79.7 Å². The molecule has 5 nitrogen and oxygen atoms in total. The van der Waals surface area contributed by atoms with Crippen molar-refractivity contribution in [2.45, 2.75) is 25.6 Å². The van der Waals surface area contributed by atoms with Crippen LogP contribution in [0.2, 0.25) is 0 Å². The van der Waals surface area contributed by atoms with E-state index in [1.807, 2.05) is 67.6 Å². The predicted molar refractivity (Wildman–Crippen MR) is 128 cm³/mol. The SMILES string of the molecule is CCC(NC(=O)c1cnn2c(C(F)(F)F)cc(-c3cccc4ccccc34)nc12)c1ccccc1. The van der Waals surface area contributed by atoms with E-state index in [1.54, 1.807) is 12.1 Å². The second-order valence-corrected chi connectivity index (χ2v) is 8.19. The molecular weight excluding hydrogens is 453 g/mol. The molecule has 0 aliphatic heterocycles. The van der Waals surface area contributed by atoms with Gasteiger partial charge in [-0.15, -0.1) is 0 Å². The number of carbonyl (C=O) groups excluding carboxylic acids is 1. The van der Waals surface area contributed by atoms with E-state index < -0.39 is 17.8 Å². The number of carbonyl (C=O) groups is 1. The van der Waals surface area contributed by atoms with Crippen LogP contribution in [0, 0.1) is 0 Å². The van der Waals surface area contributed by atoms with E-state index in [2.05, 4.69) is 15.4 Å². The van der Waals surface area contributed by atoms with E-state index in [0.29, 0.717) is 16.5 Å². The lowest BCUT2D eigenvalue weighted by Gasteiger charge is -2.17. The van der Waals surface area contributed by atoms with Crippen LogP contribution in [0.15, 0.2) is 85.1 Å². The van der Waals surface area contributed by atoms with Gasteiger partial charge in [0.05, 0.1) is 17.9 Å². The number of nitrogens with zero attached hydrogens (tertiary/aromatic N) is 3. The Labute approximate surface area is 199 Å². The molecule has 0 saturated carbocycles. The number of halogens is 3. The van der Waals surface area contributed by atoms with Gasteiger partial charge in [-0.05, 0) is 28.8 Å². The molecular formula is C27H21F3N4O. The lowest BCUT2D eigenvalue weighted by atomic mass is 10.0. The molecule has 1 N–H and O–H groups in total. The maximum absolute atomic E-state index is 14.0. The Morgan fingerprint density at radius 3 is 2.46 bits per heavy atom. The Hall–Kier alpha value is -4.20. The maximum Gasteiger partial charge on any atom is 0.433 e. The van der Waals surface area contributed by atoms with Gasteiger partial charge in [0.25, 0.3) is 5.91 Å². The van der Waals surface area contributed by atoms with Gasteiger partial charge >= 0.3 is 6.18 Å². The number of rotatable bonds is 5. The highest BCUT2D eigenvalue weighted by molar-refractivity contribution is 6.01. The zero-order valence-electron chi connectivity index (χ0n) is 18.8. The van der Waals surface area contributed by atoms with Crippen molar-refractivity contribution in [3.8, 4) is 11.3 Å². The minimum Gasteiger partial charge on any atom is -0.345 e. The van der Waals surface area contributed by atoms with Crippen molar-refractivity contribution in [1.29, 1.82) is 0 Å². The zero-order chi connectivity index (χ0) is 24.6. The number of amides is 1. The largest absolute Gasteiger partial charge is 0.433 e. The second kappa shape index (κ2) is 8.87. The summed E-state index contributed by atoms with van der Waals surface area (Å²) in [5, 5.41) is 8.43. The van der Waals surface area contributed by atoms with Gasteiger partial charge in [0.15, 0.2) is 11.3 Å². The molecule has 1 unspecified atom stereocenters. The minimum absolute atomic E-state index is 0.0213. The summed E-state index contributed by atoms with van der Waals surface area (Å²) >= 11 is 0. The van der Waals surface area contributed by atoms with Crippen molar-refractivity contribution in [3.05, 3.63) is 102 Å². The molecule has 0 saturated heterocycles. The molecule has 1 atom stereocenters. The molecule has 8 heteroatoms. The molecule has 2 aromatic heterocycles. The Bertz CT molecular complexity index is 1520. The summed E-state index contributed by atoms with van der Waals surface area (Å²) in [7, 11) is 0. The Morgan fingerprint density at radius 2 is 1.71 bits per heavy atom. The van der Waals surface area contributed by atoms with Crippen LogP contribution in [-0.4, -0.2) is 20.5 Å². The van der Waals surface area contributed by atoms with Gasteiger partial charge in [0.1, 0.15) is 5.56 Å². The van der Waals surface area contributed by atoms with Crippen LogP contribution in [0.25, 0.3) is 27.7 Å². The normalized spacial score (nSPS) is 12.7. The van der Waals surface area contributed by atoms with Crippen LogP contribution in [0.3, 0.4) is 0 Å². The van der Waals surface area contributed by atoms with Crippen molar-refractivity contribution in [3.63, 3.8) is 0 Å². The van der Waals surface area contributed by atoms with Gasteiger partial charge in [0.2, 0.25) is 0 Å². The average Bonchev–Trinajstić information content (AvgIpc) is 3.30. The summed E-state index contributed by atoms with van der Waals surface area (Å²) in [5.74, 6) is -0.536. The number of hydrogen-bond donors (Lipinski definition) is 1. The number of aromatic nitrogens is 3. The molecule has 5 aromatic rings. The summed E-state index contributed by atoms with van der Waals surface area (Å²) in [6, 6.07) is 22.8. The third-order valence-electron chi connectivity index (χ3n) is 5.99. The van der Waals surface area contributed by atoms with Crippen LogP contribution < -0.4 is 5.32 Å².